The second-order valence-electron chi connectivity index (χ2n) is 9.40. The van der Waals surface area contributed by atoms with Crippen molar-refractivity contribution in [2.75, 3.05) is 0 Å². The van der Waals surface area contributed by atoms with Gasteiger partial charge in [0.1, 0.15) is 0 Å². The maximum absolute atomic E-state index is 13.7. The Bertz CT molecular complexity index is 1640. The average molecular weight is 627 g/mol. The molecule has 1 atom stereocenters. The Labute approximate surface area is 246 Å². The number of nitrogens with one attached hydrogen (secondary N) is 1. The highest BCUT2D eigenvalue weighted by Gasteiger charge is 2.27. The molecular formula is C34H29BrNO2PS. The van der Waals surface area contributed by atoms with E-state index in [1.54, 1.807) is 12.1 Å². The fourth-order valence-corrected chi connectivity index (χ4v) is 8.56. The number of halogens is 1. The highest BCUT2D eigenvalue weighted by atomic mass is 79.9. The molecule has 0 unspecified atom stereocenters. The zero-order valence-electron chi connectivity index (χ0n) is 22.0. The molecule has 0 aliphatic carbocycles. The molecule has 3 nitrogen and oxygen atoms in total. The standard InChI is InChI=1S/C34H29BrNO2PS/c1-26-17-23-32(24-18-26)40(37,38)36-33(27-19-21-29(35)22-20-27)25-34(28-11-5-2-6-12-28)39(30-13-7-3-8-14-30)31-15-9-4-10-16-31/h2-25,34,36H,1H3/b33-25-/t34-/m1/s1. The number of rotatable bonds is 9. The molecule has 1 N–H and O–H groups in total. The van der Waals surface area contributed by atoms with Gasteiger partial charge in [-0.05, 0) is 66.9 Å². The molecular weight excluding hydrogens is 597 g/mol. The lowest BCUT2D eigenvalue weighted by Crippen LogP contribution is -2.24. The molecule has 6 heteroatoms. The van der Waals surface area contributed by atoms with E-state index < -0.39 is 17.9 Å². The van der Waals surface area contributed by atoms with Crippen LogP contribution in [0.15, 0.2) is 155 Å². The minimum Gasteiger partial charge on any atom is -0.279 e. The Morgan fingerprint density at radius 3 is 1.73 bits per heavy atom. The van der Waals surface area contributed by atoms with Crippen molar-refractivity contribution in [3.8, 4) is 0 Å². The van der Waals surface area contributed by atoms with Crippen LogP contribution in [0.2, 0.25) is 0 Å². The van der Waals surface area contributed by atoms with Crippen LogP contribution in [0.1, 0.15) is 22.3 Å². The van der Waals surface area contributed by atoms with Gasteiger partial charge in [-0.3, -0.25) is 4.72 Å². The van der Waals surface area contributed by atoms with Crippen molar-refractivity contribution in [3.63, 3.8) is 0 Å². The zero-order chi connectivity index (χ0) is 28.0. The fraction of sp³-hybridized carbons (Fsp3) is 0.0588. The Balaban J connectivity index is 1.71. The highest BCUT2D eigenvalue weighted by molar-refractivity contribution is 9.10. The summed E-state index contributed by atoms with van der Waals surface area (Å²) in [4.78, 5) is 0.228. The maximum Gasteiger partial charge on any atom is 0.261 e. The Kier molecular flexibility index (Phi) is 8.96. The van der Waals surface area contributed by atoms with Gasteiger partial charge in [-0.15, -0.1) is 0 Å². The molecule has 0 radical (unpaired) electrons. The van der Waals surface area contributed by atoms with Crippen molar-refractivity contribution in [2.45, 2.75) is 17.5 Å². The maximum atomic E-state index is 13.7. The van der Waals surface area contributed by atoms with Crippen LogP contribution in [0.4, 0.5) is 0 Å². The smallest absolute Gasteiger partial charge is 0.261 e. The van der Waals surface area contributed by atoms with Crippen molar-refractivity contribution in [3.05, 3.63) is 167 Å². The van der Waals surface area contributed by atoms with Gasteiger partial charge in [-0.1, -0.05) is 137 Å². The molecule has 0 saturated carbocycles. The molecule has 0 saturated heterocycles. The number of aryl methyl sites for hydroxylation is 1. The molecule has 0 fully saturated rings. The lowest BCUT2D eigenvalue weighted by atomic mass is 10.1. The van der Waals surface area contributed by atoms with E-state index in [0.717, 1.165) is 21.2 Å². The van der Waals surface area contributed by atoms with E-state index in [4.69, 9.17) is 0 Å². The molecule has 40 heavy (non-hydrogen) atoms. The summed E-state index contributed by atoms with van der Waals surface area (Å²) in [6.45, 7) is 1.94. The average Bonchev–Trinajstić information content (AvgIpc) is 2.98. The summed E-state index contributed by atoms with van der Waals surface area (Å²) in [6, 6.07) is 45.9. The van der Waals surface area contributed by atoms with E-state index >= 15 is 0 Å². The van der Waals surface area contributed by atoms with Gasteiger partial charge >= 0.3 is 0 Å². The van der Waals surface area contributed by atoms with E-state index in [9.17, 15) is 8.42 Å². The lowest BCUT2D eigenvalue weighted by Gasteiger charge is -2.28. The summed E-state index contributed by atoms with van der Waals surface area (Å²) in [5.74, 6) is 0. The van der Waals surface area contributed by atoms with Crippen molar-refractivity contribution in [2.24, 2.45) is 0 Å². The van der Waals surface area contributed by atoms with Crippen LogP contribution in [0.25, 0.3) is 5.70 Å². The summed E-state index contributed by atoms with van der Waals surface area (Å²) in [7, 11) is -4.78. The Morgan fingerprint density at radius 1 is 0.700 bits per heavy atom. The predicted octanol–water partition coefficient (Wildman–Crippen LogP) is 7.95. The topological polar surface area (TPSA) is 46.2 Å². The van der Waals surface area contributed by atoms with Crippen LogP contribution < -0.4 is 15.3 Å². The fourth-order valence-electron chi connectivity index (χ4n) is 4.52. The molecule has 0 aromatic heterocycles. The molecule has 0 aliphatic rings. The largest absolute Gasteiger partial charge is 0.279 e. The first-order valence-corrected chi connectivity index (χ1v) is 16.6. The lowest BCUT2D eigenvalue weighted by molar-refractivity contribution is 0.591. The van der Waals surface area contributed by atoms with E-state index in [-0.39, 0.29) is 10.6 Å². The number of hydrogen-bond acceptors (Lipinski definition) is 2. The predicted molar refractivity (Wildman–Crippen MR) is 172 cm³/mol. The number of sulfonamides is 1. The summed E-state index contributed by atoms with van der Waals surface area (Å²) in [5.41, 5.74) is 3.34. The van der Waals surface area contributed by atoms with Crippen LogP contribution in [0.3, 0.4) is 0 Å². The van der Waals surface area contributed by atoms with Gasteiger partial charge < -0.3 is 0 Å². The number of allylic oxidation sites excluding steroid dienone is 1. The third-order valence-electron chi connectivity index (χ3n) is 6.54. The number of hydrogen-bond donors (Lipinski definition) is 1. The van der Waals surface area contributed by atoms with E-state index in [2.05, 4.69) is 87.4 Å². The summed E-state index contributed by atoms with van der Waals surface area (Å²) in [6.07, 6.45) is 2.09. The van der Waals surface area contributed by atoms with Gasteiger partial charge in [0.15, 0.2) is 0 Å². The Hall–Kier alpha value is -3.50. The molecule has 0 amide bonds. The van der Waals surface area contributed by atoms with Crippen LogP contribution >= 0.6 is 23.9 Å². The molecule has 5 rings (SSSR count). The minimum absolute atomic E-state index is 0.111. The van der Waals surface area contributed by atoms with Crippen LogP contribution in [0.5, 0.6) is 0 Å². The SMILES string of the molecule is Cc1ccc(S(=O)(=O)N/C(=C\[C@H](c2ccccc2)P(c2ccccc2)c2ccccc2)c2ccc(Br)cc2)cc1. The van der Waals surface area contributed by atoms with Gasteiger partial charge in [-0.25, -0.2) is 8.42 Å². The molecule has 0 bridgehead atoms. The van der Waals surface area contributed by atoms with Gasteiger partial charge in [0, 0.05) is 10.1 Å². The van der Waals surface area contributed by atoms with E-state index in [1.165, 1.54) is 10.6 Å². The molecule has 200 valence electrons. The summed E-state index contributed by atoms with van der Waals surface area (Å²) >= 11 is 3.52. The second kappa shape index (κ2) is 12.8. The third kappa shape index (κ3) is 6.79. The molecule has 5 aromatic carbocycles. The highest BCUT2D eigenvalue weighted by Crippen LogP contribution is 2.51. The normalized spacial score (nSPS) is 12.7. The van der Waals surface area contributed by atoms with Crippen molar-refractivity contribution in [1.82, 2.24) is 4.72 Å². The molecule has 0 heterocycles. The van der Waals surface area contributed by atoms with E-state index in [1.807, 2.05) is 73.7 Å². The quantitative estimate of drug-likeness (QED) is 0.169. The van der Waals surface area contributed by atoms with Crippen molar-refractivity contribution >= 4 is 50.2 Å². The van der Waals surface area contributed by atoms with Gasteiger partial charge in [-0.2, -0.15) is 0 Å². The summed E-state index contributed by atoms with van der Waals surface area (Å²) in [5, 5.41) is 2.43. The Morgan fingerprint density at radius 2 is 1.20 bits per heavy atom. The van der Waals surface area contributed by atoms with Gasteiger partial charge in [0.05, 0.1) is 10.6 Å². The first-order valence-electron chi connectivity index (χ1n) is 12.9. The molecule has 0 spiro atoms. The molecule has 5 aromatic rings. The minimum atomic E-state index is -3.84. The molecule has 0 aliphatic heterocycles. The first kappa shape index (κ1) is 28.0. The van der Waals surface area contributed by atoms with E-state index in [0.29, 0.717) is 5.70 Å². The first-order chi connectivity index (χ1) is 19.4. The van der Waals surface area contributed by atoms with Gasteiger partial charge in [0.25, 0.3) is 10.0 Å². The third-order valence-corrected chi connectivity index (χ3v) is 11.2. The van der Waals surface area contributed by atoms with Crippen LogP contribution in [-0.4, -0.2) is 8.42 Å². The van der Waals surface area contributed by atoms with Crippen LogP contribution in [-0.2, 0) is 10.0 Å². The number of benzene rings is 5. The zero-order valence-corrected chi connectivity index (χ0v) is 25.3. The van der Waals surface area contributed by atoms with Gasteiger partial charge in [0.2, 0.25) is 0 Å². The van der Waals surface area contributed by atoms with Crippen molar-refractivity contribution < 1.29 is 8.42 Å². The van der Waals surface area contributed by atoms with Crippen LogP contribution in [0, 0.1) is 6.92 Å². The summed E-state index contributed by atoms with van der Waals surface area (Å²) < 4.78 is 31.2. The monoisotopic (exact) mass is 625 g/mol. The van der Waals surface area contributed by atoms with Crippen molar-refractivity contribution in [1.29, 1.82) is 0 Å². The second-order valence-corrected chi connectivity index (χ2v) is 14.3.